The summed E-state index contributed by atoms with van der Waals surface area (Å²) in [6.07, 6.45) is 0. The molecule has 0 aliphatic carbocycles. The molecule has 2 aromatic rings. The van der Waals surface area contributed by atoms with Crippen LogP contribution in [0.25, 0.3) is 11.3 Å². The molecule has 1 spiro atoms. The van der Waals surface area contributed by atoms with Crippen LogP contribution in [0.5, 0.6) is 5.75 Å². The highest BCUT2D eigenvalue weighted by Gasteiger charge is 2.49. The van der Waals surface area contributed by atoms with Gasteiger partial charge in [-0.15, -0.1) is 10.2 Å². The van der Waals surface area contributed by atoms with Gasteiger partial charge in [0.1, 0.15) is 5.75 Å². The Bertz CT molecular complexity index is 701. The lowest BCUT2D eigenvalue weighted by atomic mass is 9.78. The van der Waals surface area contributed by atoms with Crippen LogP contribution in [0.3, 0.4) is 0 Å². The van der Waals surface area contributed by atoms with E-state index >= 15 is 0 Å². The summed E-state index contributed by atoms with van der Waals surface area (Å²) in [5.74, 6) is 0.819. The Kier molecular flexibility index (Phi) is 3.18. The molecular formula is C15H13Cl2N3O2. The molecule has 0 radical (unpaired) electrons. The van der Waals surface area contributed by atoms with Gasteiger partial charge in [0.15, 0.2) is 5.82 Å². The smallest absolute Gasteiger partial charge is 0.151 e. The fourth-order valence-electron chi connectivity index (χ4n) is 2.94. The molecule has 0 amide bonds. The van der Waals surface area contributed by atoms with Crippen LogP contribution in [0.2, 0.25) is 10.0 Å². The molecule has 2 aliphatic heterocycles. The van der Waals surface area contributed by atoms with Crippen LogP contribution in [0.1, 0.15) is 0 Å². The van der Waals surface area contributed by atoms with Crippen LogP contribution in [-0.2, 0) is 4.74 Å². The standard InChI is InChI=1S/C15H13Cl2N3O2/c16-9-3-10(17)14(12(21)4-9)11-1-2-13(19-18-11)20-5-15(6-20)7-22-8-15/h1-4,21H,5-8H2. The second-order valence-corrected chi connectivity index (χ2v) is 6.75. The van der Waals surface area contributed by atoms with Gasteiger partial charge >= 0.3 is 0 Å². The molecule has 2 fully saturated rings. The van der Waals surface area contributed by atoms with Crippen LogP contribution >= 0.6 is 23.2 Å². The van der Waals surface area contributed by atoms with Crippen LogP contribution in [0, 0.1) is 5.41 Å². The highest BCUT2D eigenvalue weighted by Crippen LogP contribution is 2.40. The minimum absolute atomic E-state index is 0.00549. The first-order valence-corrected chi connectivity index (χ1v) is 7.67. The van der Waals surface area contributed by atoms with E-state index in [1.54, 1.807) is 12.1 Å². The highest BCUT2D eigenvalue weighted by atomic mass is 35.5. The first-order chi connectivity index (χ1) is 10.6. The third kappa shape index (κ3) is 2.20. The number of phenols is 1. The van der Waals surface area contributed by atoms with E-state index in [2.05, 4.69) is 15.1 Å². The number of benzene rings is 1. The zero-order chi connectivity index (χ0) is 15.3. The van der Waals surface area contributed by atoms with E-state index in [-0.39, 0.29) is 5.75 Å². The maximum atomic E-state index is 10.0. The molecule has 0 saturated carbocycles. The quantitative estimate of drug-likeness (QED) is 0.912. The monoisotopic (exact) mass is 337 g/mol. The summed E-state index contributed by atoms with van der Waals surface area (Å²) in [5, 5.41) is 19.2. The minimum Gasteiger partial charge on any atom is -0.507 e. The van der Waals surface area contributed by atoms with E-state index in [1.807, 2.05) is 6.07 Å². The van der Waals surface area contributed by atoms with Crippen molar-refractivity contribution < 1.29 is 9.84 Å². The number of ether oxygens (including phenoxy) is 1. The number of hydrogen-bond acceptors (Lipinski definition) is 5. The largest absolute Gasteiger partial charge is 0.507 e. The first-order valence-electron chi connectivity index (χ1n) is 6.91. The number of aromatic hydroxyl groups is 1. The van der Waals surface area contributed by atoms with Gasteiger partial charge in [-0.3, -0.25) is 0 Å². The van der Waals surface area contributed by atoms with Gasteiger partial charge in [0.05, 0.1) is 34.9 Å². The van der Waals surface area contributed by atoms with Gasteiger partial charge < -0.3 is 14.7 Å². The van der Waals surface area contributed by atoms with Crippen molar-refractivity contribution in [1.29, 1.82) is 0 Å². The van der Waals surface area contributed by atoms with Gasteiger partial charge in [-0.1, -0.05) is 23.2 Å². The van der Waals surface area contributed by atoms with Crippen LogP contribution in [0.4, 0.5) is 5.82 Å². The maximum absolute atomic E-state index is 10.0. The normalized spacial score (nSPS) is 18.9. The number of anilines is 1. The molecule has 1 aromatic carbocycles. The van der Waals surface area contributed by atoms with Crippen molar-refractivity contribution in [2.24, 2.45) is 5.41 Å². The Morgan fingerprint density at radius 2 is 1.91 bits per heavy atom. The summed E-state index contributed by atoms with van der Waals surface area (Å²) in [6.45, 7) is 3.58. The second kappa shape index (κ2) is 4.98. The van der Waals surface area contributed by atoms with Gasteiger partial charge in [0, 0.05) is 18.1 Å². The second-order valence-electron chi connectivity index (χ2n) is 5.91. The topological polar surface area (TPSA) is 58.5 Å². The Labute approximate surface area is 137 Å². The molecule has 0 atom stereocenters. The predicted octanol–water partition coefficient (Wildman–Crippen LogP) is 2.99. The summed E-state index contributed by atoms with van der Waals surface area (Å²) in [6, 6.07) is 6.70. The molecule has 22 heavy (non-hydrogen) atoms. The van der Waals surface area contributed by atoms with Crippen LogP contribution in [-0.4, -0.2) is 41.6 Å². The summed E-state index contributed by atoms with van der Waals surface area (Å²) >= 11 is 12.0. The van der Waals surface area contributed by atoms with Crippen molar-refractivity contribution in [2.45, 2.75) is 0 Å². The van der Waals surface area contributed by atoms with Crippen molar-refractivity contribution in [2.75, 3.05) is 31.2 Å². The maximum Gasteiger partial charge on any atom is 0.151 e. The molecule has 2 saturated heterocycles. The number of aromatic nitrogens is 2. The zero-order valence-corrected chi connectivity index (χ0v) is 13.1. The van der Waals surface area contributed by atoms with Gasteiger partial charge in [-0.05, 0) is 24.3 Å². The molecule has 1 aromatic heterocycles. The zero-order valence-electron chi connectivity index (χ0n) is 11.6. The molecule has 0 bridgehead atoms. The first kappa shape index (κ1) is 14.1. The number of halogens is 2. The molecule has 114 valence electrons. The average molecular weight is 338 g/mol. The van der Waals surface area contributed by atoms with E-state index in [9.17, 15) is 5.11 Å². The number of hydrogen-bond donors (Lipinski definition) is 1. The Hall–Kier alpha value is -1.56. The molecule has 3 heterocycles. The number of rotatable bonds is 2. The van der Waals surface area contributed by atoms with Crippen molar-refractivity contribution in [3.63, 3.8) is 0 Å². The summed E-state index contributed by atoms with van der Waals surface area (Å²) in [7, 11) is 0. The Balaban J connectivity index is 1.57. The van der Waals surface area contributed by atoms with Crippen molar-refractivity contribution >= 4 is 29.0 Å². The molecule has 4 rings (SSSR count). The van der Waals surface area contributed by atoms with E-state index in [4.69, 9.17) is 27.9 Å². The van der Waals surface area contributed by atoms with Crippen LogP contribution < -0.4 is 4.90 Å². The van der Waals surface area contributed by atoms with Gasteiger partial charge in [0.25, 0.3) is 0 Å². The lowest BCUT2D eigenvalue weighted by Gasteiger charge is -2.55. The summed E-state index contributed by atoms with van der Waals surface area (Å²) in [5.41, 5.74) is 1.29. The molecular weight excluding hydrogens is 325 g/mol. The average Bonchev–Trinajstić information content (AvgIpc) is 2.36. The van der Waals surface area contributed by atoms with Crippen molar-refractivity contribution in [3.05, 3.63) is 34.3 Å². The summed E-state index contributed by atoms with van der Waals surface area (Å²) in [4.78, 5) is 2.17. The number of phenolic OH excluding ortho intramolecular Hbond substituents is 1. The lowest BCUT2D eigenvalue weighted by Crippen LogP contribution is -2.66. The van der Waals surface area contributed by atoms with E-state index in [0.717, 1.165) is 32.1 Å². The summed E-state index contributed by atoms with van der Waals surface area (Å²) < 4.78 is 5.26. The van der Waals surface area contributed by atoms with Gasteiger partial charge in [-0.2, -0.15) is 0 Å². The van der Waals surface area contributed by atoms with Gasteiger partial charge in [0.2, 0.25) is 0 Å². The Morgan fingerprint density at radius 3 is 2.45 bits per heavy atom. The van der Waals surface area contributed by atoms with Crippen molar-refractivity contribution in [1.82, 2.24) is 10.2 Å². The number of nitrogens with zero attached hydrogens (tertiary/aromatic N) is 3. The lowest BCUT2D eigenvalue weighted by molar-refractivity contribution is -0.127. The van der Waals surface area contributed by atoms with E-state index in [1.165, 1.54) is 6.07 Å². The SMILES string of the molecule is Oc1cc(Cl)cc(Cl)c1-c1ccc(N2CC3(COC3)C2)nn1. The van der Waals surface area contributed by atoms with Crippen molar-refractivity contribution in [3.8, 4) is 17.0 Å². The Morgan fingerprint density at radius 1 is 1.14 bits per heavy atom. The van der Waals surface area contributed by atoms with E-state index < -0.39 is 0 Å². The molecule has 1 N–H and O–H groups in total. The van der Waals surface area contributed by atoms with E-state index in [0.29, 0.717) is 26.7 Å². The third-order valence-corrected chi connectivity index (χ3v) is 4.65. The van der Waals surface area contributed by atoms with Crippen LogP contribution in [0.15, 0.2) is 24.3 Å². The predicted molar refractivity (Wildman–Crippen MR) is 84.6 cm³/mol. The third-order valence-electron chi connectivity index (χ3n) is 4.13. The fraction of sp³-hybridized carbons (Fsp3) is 0.333. The fourth-order valence-corrected chi connectivity index (χ4v) is 3.52. The van der Waals surface area contributed by atoms with Gasteiger partial charge in [-0.25, -0.2) is 0 Å². The minimum atomic E-state index is -0.00549. The molecule has 2 aliphatic rings. The molecule has 5 nitrogen and oxygen atoms in total. The highest BCUT2D eigenvalue weighted by molar-refractivity contribution is 6.36. The molecule has 7 heteroatoms. The molecule has 0 unspecified atom stereocenters.